The van der Waals surface area contributed by atoms with Gasteiger partial charge in [0.25, 0.3) is 0 Å². The van der Waals surface area contributed by atoms with E-state index in [-0.39, 0.29) is 23.0 Å². The third-order valence-electron chi connectivity index (χ3n) is 3.56. The summed E-state index contributed by atoms with van der Waals surface area (Å²) in [7, 11) is -4.11. The van der Waals surface area contributed by atoms with E-state index in [2.05, 4.69) is 5.32 Å². The molecule has 130 valence electrons. The molecule has 0 saturated carbocycles. The van der Waals surface area contributed by atoms with Crippen LogP contribution in [-0.2, 0) is 10.0 Å². The molecule has 0 aliphatic carbocycles. The van der Waals surface area contributed by atoms with Crippen LogP contribution in [0.5, 0.6) is 0 Å². The number of nitrogens with one attached hydrogen (secondary N) is 2. The number of piperazine rings is 1. The molecule has 23 heavy (non-hydrogen) atoms. The monoisotopic (exact) mass is 371 g/mol. The molecule has 1 unspecified atom stereocenters. The summed E-state index contributed by atoms with van der Waals surface area (Å²) in [5.41, 5.74) is 0. The SMILES string of the molecule is O=S(=O)(NCC(N1CCNCC1)C(F)(F)F)c1ccccc1Cl. The second-order valence-electron chi connectivity index (χ2n) is 5.13. The molecule has 1 heterocycles. The number of hydrogen-bond acceptors (Lipinski definition) is 4. The van der Waals surface area contributed by atoms with E-state index < -0.39 is 28.8 Å². The van der Waals surface area contributed by atoms with Gasteiger partial charge in [-0.2, -0.15) is 13.2 Å². The first kappa shape index (κ1) is 18.5. The van der Waals surface area contributed by atoms with Gasteiger partial charge < -0.3 is 5.32 Å². The van der Waals surface area contributed by atoms with Crippen LogP contribution in [0.15, 0.2) is 29.2 Å². The van der Waals surface area contributed by atoms with Gasteiger partial charge in [-0.05, 0) is 12.1 Å². The Hall–Kier alpha value is -0.870. The van der Waals surface area contributed by atoms with Crippen molar-refractivity contribution in [3.8, 4) is 0 Å². The minimum Gasteiger partial charge on any atom is -0.314 e. The number of nitrogens with zero attached hydrogens (tertiary/aromatic N) is 1. The molecule has 0 amide bonds. The van der Waals surface area contributed by atoms with Crippen LogP contribution in [0.2, 0.25) is 5.02 Å². The first-order chi connectivity index (χ1) is 10.7. The zero-order chi connectivity index (χ0) is 17.1. The Bertz CT molecular complexity index is 634. The van der Waals surface area contributed by atoms with Crippen molar-refractivity contribution in [2.24, 2.45) is 0 Å². The smallest absolute Gasteiger partial charge is 0.314 e. The summed E-state index contributed by atoms with van der Waals surface area (Å²) in [6, 6.07) is 3.74. The van der Waals surface area contributed by atoms with Gasteiger partial charge in [0.05, 0.1) is 5.02 Å². The van der Waals surface area contributed by atoms with Crippen molar-refractivity contribution < 1.29 is 21.6 Å². The maximum atomic E-state index is 13.2. The zero-order valence-electron chi connectivity index (χ0n) is 12.1. The van der Waals surface area contributed by atoms with Gasteiger partial charge >= 0.3 is 6.18 Å². The Morgan fingerprint density at radius 1 is 1.26 bits per heavy atom. The lowest BCUT2D eigenvalue weighted by atomic mass is 10.2. The second kappa shape index (κ2) is 7.35. The summed E-state index contributed by atoms with van der Waals surface area (Å²) < 4.78 is 66.1. The lowest BCUT2D eigenvalue weighted by Gasteiger charge is -2.35. The van der Waals surface area contributed by atoms with Gasteiger partial charge in [0, 0.05) is 32.7 Å². The molecular weight excluding hydrogens is 355 g/mol. The van der Waals surface area contributed by atoms with Gasteiger partial charge in [-0.15, -0.1) is 0 Å². The zero-order valence-corrected chi connectivity index (χ0v) is 13.7. The van der Waals surface area contributed by atoms with Crippen LogP contribution >= 0.6 is 11.6 Å². The normalized spacial score (nSPS) is 18.8. The summed E-state index contributed by atoms with van der Waals surface area (Å²) in [6.07, 6.45) is -4.53. The van der Waals surface area contributed by atoms with Gasteiger partial charge in [0.15, 0.2) is 0 Å². The number of hydrogen-bond donors (Lipinski definition) is 2. The van der Waals surface area contributed by atoms with Crippen LogP contribution in [0.25, 0.3) is 0 Å². The van der Waals surface area contributed by atoms with Gasteiger partial charge in [0.2, 0.25) is 10.0 Å². The molecule has 2 N–H and O–H groups in total. The van der Waals surface area contributed by atoms with E-state index in [1.54, 1.807) is 6.07 Å². The highest BCUT2D eigenvalue weighted by molar-refractivity contribution is 7.89. The maximum absolute atomic E-state index is 13.2. The van der Waals surface area contributed by atoms with Crippen molar-refractivity contribution in [3.05, 3.63) is 29.3 Å². The van der Waals surface area contributed by atoms with Gasteiger partial charge in [-0.1, -0.05) is 23.7 Å². The van der Waals surface area contributed by atoms with Crippen molar-refractivity contribution in [1.29, 1.82) is 0 Å². The molecule has 0 spiro atoms. The van der Waals surface area contributed by atoms with Crippen LogP contribution in [-0.4, -0.2) is 58.3 Å². The fourth-order valence-corrected chi connectivity index (χ4v) is 3.93. The van der Waals surface area contributed by atoms with Crippen LogP contribution in [0, 0.1) is 0 Å². The van der Waals surface area contributed by atoms with E-state index in [1.165, 1.54) is 23.1 Å². The average molecular weight is 372 g/mol. The van der Waals surface area contributed by atoms with E-state index in [9.17, 15) is 21.6 Å². The van der Waals surface area contributed by atoms with Crippen LogP contribution in [0.4, 0.5) is 13.2 Å². The topological polar surface area (TPSA) is 61.4 Å². The quantitative estimate of drug-likeness (QED) is 0.822. The summed E-state index contributed by atoms with van der Waals surface area (Å²) in [5, 5.41) is 2.93. The Labute approximate surface area is 137 Å². The Balaban J connectivity index is 2.13. The third-order valence-corrected chi connectivity index (χ3v) is 5.49. The largest absolute Gasteiger partial charge is 0.405 e. The molecule has 0 aromatic heterocycles. The number of alkyl halides is 3. The van der Waals surface area contributed by atoms with E-state index in [1.807, 2.05) is 4.72 Å². The highest BCUT2D eigenvalue weighted by Crippen LogP contribution is 2.26. The summed E-state index contributed by atoms with van der Waals surface area (Å²) in [6.45, 7) is 0.529. The van der Waals surface area contributed by atoms with Crippen LogP contribution in [0.3, 0.4) is 0 Å². The summed E-state index contributed by atoms with van der Waals surface area (Å²) >= 11 is 5.80. The second-order valence-corrected chi connectivity index (χ2v) is 7.27. The lowest BCUT2D eigenvalue weighted by molar-refractivity contribution is -0.182. The van der Waals surface area contributed by atoms with E-state index in [0.29, 0.717) is 13.1 Å². The molecule has 1 aliphatic heterocycles. The summed E-state index contributed by atoms with van der Waals surface area (Å²) in [4.78, 5) is 0.994. The molecule has 1 aromatic carbocycles. The van der Waals surface area contributed by atoms with Crippen LogP contribution < -0.4 is 10.0 Å². The average Bonchev–Trinajstić information content (AvgIpc) is 2.47. The van der Waals surface area contributed by atoms with E-state index in [0.717, 1.165) is 0 Å². The molecule has 1 aliphatic rings. The van der Waals surface area contributed by atoms with Crippen molar-refractivity contribution in [1.82, 2.24) is 14.9 Å². The Morgan fingerprint density at radius 3 is 2.43 bits per heavy atom. The molecule has 1 fully saturated rings. The Morgan fingerprint density at radius 2 is 1.87 bits per heavy atom. The van der Waals surface area contributed by atoms with Crippen molar-refractivity contribution in [3.63, 3.8) is 0 Å². The van der Waals surface area contributed by atoms with Crippen LogP contribution in [0.1, 0.15) is 0 Å². The minimum atomic E-state index is -4.53. The molecule has 10 heteroatoms. The predicted octanol–water partition coefficient (Wildman–Crippen LogP) is 1.45. The molecule has 1 saturated heterocycles. The van der Waals surface area contributed by atoms with Crippen molar-refractivity contribution in [2.45, 2.75) is 17.1 Å². The first-order valence-electron chi connectivity index (χ1n) is 6.97. The molecule has 1 aromatic rings. The van der Waals surface area contributed by atoms with E-state index in [4.69, 9.17) is 11.6 Å². The first-order valence-corrected chi connectivity index (χ1v) is 8.83. The lowest BCUT2D eigenvalue weighted by Crippen LogP contribution is -2.57. The maximum Gasteiger partial charge on any atom is 0.405 e. The molecule has 1 atom stereocenters. The van der Waals surface area contributed by atoms with Gasteiger partial charge in [0.1, 0.15) is 10.9 Å². The number of rotatable bonds is 5. The molecule has 5 nitrogen and oxygen atoms in total. The third kappa shape index (κ3) is 4.80. The standard InChI is InChI=1S/C13H17ClF3N3O2S/c14-10-3-1-2-4-11(10)23(21,22)19-9-12(13(15,16)17)20-7-5-18-6-8-20/h1-4,12,18-19H,5-9H2. The van der Waals surface area contributed by atoms with Gasteiger partial charge in [-0.3, -0.25) is 4.90 Å². The number of halogens is 4. The fraction of sp³-hybridized carbons (Fsp3) is 0.538. The van der Waals surface area contributed by atoms with E-state index >= 15 is 0 Å². The van der Waals surface area contributed by atoms with Crippen molar-refractivity contribution in [2.75, 3.05) is 32.7 Å². The number of sulfonamides is 1. The predicted molar refractivity (Wildman–Crippen MR) is 80.9 cm³/mol. The molecular formula is C13H17ClF3N3O2S. The molecule has 0 bridgehead atoms. The number of benzene rings is 1. The highest BCUT2D eigenvalue weighted by Gasteiger charge is 2.44. The fourth-order valence-electron chi connectivity index (χ4n) is 2.37. The Kier molecular flexibility index (Phi) is 5.90. The van der Waals surface area contributed by atoms with Crippen molar-refractivity contribution >= 4 is 21.6 Å². The van der Waals surface area contributed by atoms with Gasteiger partial charge in [-0.25, -0.2) is 13.1 Å². The highest BCUT2D eigenvalue weighted by atomic mass is 35.5. The minimum absolute atomic E-state index is 0.0364. The summed E-state index contributed by atoms with van der Waals surface area (Å²) in [5.74, 6) is 0. The molecule has 2 rings (SSSR count). The molecule has 0 radical (unpaired) electrons.